The maximum atomic E-state index is 9.11. The second kappa shape index (κ2) is 4.47. The molecule has 3 heteroatoms. The molecular formula is C2H5NNaO. The van der Waals surface area contributed by atoms with Crippen molar-refractivity contribution in [3.8, 4) is 0 Å². The van der Waals surface area contributed by atoms with Gasteiger partial charge in [-0.15, -0.1) is 0 Å². The van der Waals surface area contributed by atoms with Crippen molar-refractivity contribution < 1.29 is 4.79 Å². The van der Waals surface area contributed by atoms with Crippen LogP contribution in [0.2, 0.25) is 0 Å². The number of nitrogens with two attached hydrogens (primary N) is 1. The van der Waals surface area contributed by atoms with Gasteiger partial charge in [0.05, 0.1) is 0 Å². The molecule has 0 fully saturated rings. The summed E-state index contributed by atoms with van der Waals surface area (Å²) in [6.07, 6.45) is 0. The summed E-state index contributed by atoms with van der Waals surface area (Å²) in [6, 6.07) is 0. The summed E-state index contributed by atoms with van der Waals surface area (Å²) in [6.45, 7) is 2.78. The fraction of sp³-hybridized carbons (Fsp3) is 0. The van der Waals surface area contributed by atoms with Crippen LogP contribution in [0, 0.1) is 6.92 Å². The molecule has 0 rings (SSSR count). The van der Waals surface area contributed by atoms with E-state index in [9.17, 15) is 0 Å². The molecule has 0 saturated carbocycles. The first-order valence-corrected chi connectivity index (χ1v) is 0.846. The molecule has 1 amide bonds. The van der Waals surface area contributed by atoms with Gasteiger partial charge in [-0.25, -0.2) is 0 Å². The van der Waals surface area contributed by atoms with Crippen LogP contribution in [0.25, 0.3) is 0 Å². The minimum absolute atomic E-state index is 0. The number of rotatable bonds is 0. The van der Waals surface area contributed by atoms with E-state index in [2.05, 4.69) is 12.7 Å². The Morgan fingerprint density at radius 3 is 1.80 bits per heavy atom. The molecule has 0 aromatic heterocycles. The van der Waals surface area contributed by atoms with Crippen molar-refractivity contribution in [3.63, 3.8) is 0 Å². The first-order valence-electron chi connectivity index (χ1n) is 0.846. The molecule has 0 heterocycles. The van der Waals surface area contributed by atoms with Gasteiger partial charge in [0.1, 0.15) is 0 Å². The van der Waals surface area contributed by atoms with Crippen LogP contribution in [0.1, 0.15) is 0 Å². The molecule has 0 aliphatic heterocycles. The number of hydrogen-bond acceptors (Lipinski definition) is 1. The molecule has 0 bridgehead atoms. The van der Waals surface area contributed by atoms with Crippen LogP contribution in [0.3, 0.4) is 0 Å². The Labute approximate surface area is 53.0 Å². The molecule has 0 unspecified atom stereocenters. The van der Waals surface area contributed by atoms with Gasteiger partial charge < -0.3 is 5.73 Å². The quantitative estimate of drug-likeness (QED) is 0.361. The van der Waals surface area contributed by atoms with Gasteiger partial charge in [-0.2, -0.15) is 0 Å². The van der Waals surface area contributed by atoms with Crippen molar-refractivity contribution in [3.05, 3.63) is 6.92 Å². The summed E-state index contributed by atoms with van der Waals surface area (Å²) in [7, 11) is 0. The summed E-state index contributed by atoms with van der Waals surface area (Å²) in [5.41, 5.74) is 4.36. The minimum atomic E-state index is -0.583. The van der Waals surface area contributed by atoms with Gasteiger partial charge in [0.25, 0.3) is 0 Å². The molecule has 2 nitrogen and oxygen atoms in total. The Bertz CT molecular complexity index is 32.6. The number of carbonyl (C=O) groups is 1. The van der Waals surface area contributed by atoms with Gasteiger partial charge in [-0.3, -0.25) is 4.79 Å². The van der Waals surface area contributed by atoms with Crippen molar-refractivity contribution in [2.75, 3.05) is 0 Å². The van der Waals surface area contributed by atoms with Gasteiger partial charge in [0, 0.05) is 6.92 Å². The van der Waals surface area contributed by atoms with E-state index < -0.39 is 5.91 Å². The van der Waals surface area contributed by atoms with Crippen LogP contribution in [-0.2, 0) is 4.79 Å². The topological polar surface area (TPSA) is 43.1 Å². The van der Waals surface area contributed by atoms with Crippen molar-refractivity contribution >= 4 is 35.5 Å². The summed E-state index contributed by atoms with van der Waals surface area (Å²) in [4.78, 5) is 9.11. The molecule has 0 spiro atoms. The van der Waals surface area contributed by atoms with Crippen LogP contribution < -0.4 is 5.73 Å². The Morgan fingerprint density at radius 2 is 1.80 bits per heavy atom. The fourth-order valence-electron chi connectivity index (χ4n) is 0. The molecule has 1 radical (unpaired) electrons. The Hall–Kier alpha value is 0.470. The van der Waals surface area contributed by atoms with Gasteiger partial charge in [-0.1, -0.05) is 0 Å². The van der Waals surface area contributed by atoms with Crippen LogP contribution in [0.5, 0.6) is 0 Å². The first kappa shape index (κ1) is 9.08. The zero-order valence-corrected chi connectivity index (χ0v) is 2.19. The van der Waals surface area contributed by atoms with Crippen LogP contribution in [-0.4, -0.2) is 35.5 Å². The van der Waals surface area contributed by atoms with E-state index in [1.807, 2.05) is 0 Å². The molecule has 0 aliphatic rings. The third-order valence-electron chi connectivity index (χ3n) is 0. The molecule has 25 valence electrons. The zero-order valence-electron chi connectivity index (χ0n) is 2.19. The number of hydrogen-bond donors (Lipinski definition) is 1. The number of amides is 1. The maximum absolute atomic E-state index is 9.11. The normalized spacial score (nSPS) is 5.00. The third-order valence-corrected chi connectivity index (χ3v) is 0. The molecule has 0 aliphatic carbocycles. The SMILES string of the molecule is [CH2]C(N)=O.[NaH]. The van der Waals surface area contributed by atoms with E-state index >= 15 is 0 Å². The number of primary amides is 1. The molecular weight excluding hydrogens is 77.0 g/mol. The van der Waals surface area contributed by atoms with E-state index in [4.69, 9.17) is 4.79 Å². The predicted octanol–water partition coefficient (Wildman–Crippen LogP) is -1.34. The van der Waals surface area contributed by atoms with E-state index in [0.29, 0.717) is 0 Å². The second-order valence-corrected chi connectivity index (χ2v) is 0.466. The van der Waals surface area contributed by atoms with Gasteiger partial charge in [-0.05, 0) is 0 Å². The van der Waals surface area contributed by atoms with Gasteiger partial charge >= 0.3 is 29.6 Å². The summed E-state index contributed by atoms with van der Waals surface area (Å²) in [5, 5.41) is 0. The van der Waals surface area contributed by atoms with Crippen molar-refractivity contribution in [2.45, 2.75) is 0 Å². The summed E-state index contributed by atoms with van der Waals surface area (Å²) in [5.74, 6) is -0.583. The molecule has 0 saturated heterocycles. The Morgan fingerprint density at radius 1 is 1.80 bits per heavy atom. The predicted molar refractivity (Wildman–Crippen MR) is 21.7 cm³/mol. The molecule has 5 heavy (non-hydrogen) atoms. The van der Waals surface area contributed by atoms with E-state index in [1.54, 1.807) is 0 Å². The van der Waals surface area contributed by atoms with E-state index in [1.165, 1.54) is 0 Å². The molecule has 0 atom stereocenters. The summed E-state index contributed by atoms with van der Waals surface area (Å²) >= 11 is 0. The van der Waals surface area contributed by atoms with Gasteiger partial charge in [0.2, 0.25) is 5.91 Å². The standard InChI is InChI=1S/C2H4NO.Na.H/c1-2(3)4;;/h1H2,(H2,3,4);;. The van der Waals surface area contributed by atoms with Crippen molar-refractivity contribution in [2.24, 2.45) is 5.73 Å². The molecule has 2 N–H and O–H groups in total. The van der Waals surface area contributed by atoms with Gasteiger partial charge in [0.15, 0.2) is 0 Å². The van der Waals surface area contributed by atoms with Crippen molar-refractivity contribution in [1.82, 2.24) is 0 Å². The zero-order chi connectivity index (χ0) is 3.58. The average Bonchev–Trinajstić information content (AvgIpc) is 0.811. The molecule has 0 aromatic rings. The van der Waals surface area contributed by atoms with E-state index in [0.717, 1.165) is 0 Å². The van der Waals surface area contributed by atoms with E-state index in [-0.39, 0.29) is 29.6 Å². The monoisotopic (exact) mass is 82.0 g/mol. The Balaban J connectivity index is 0. The fourth-order valence-corrected chi connectivity index (χ4v) is 0. The van der Waals surface area contributed by atoms with Crippen molar-refractivity contribution in [1.29, 1.82) is 0 Å². The van der Waals surface area contributed by atoms with Crippen LogP contribution >= 0.6 is 0 Å². The second-order valence-electron chi connectivity index (χ2n) is 0.466. The van der Waals surface area contributed by atoms with Crippen LogP contribution in [0.4, 0.5) is 0 Å². The average molecular weight is 82.1 g/mol. The number of carbonyl (C=O) groups excluding carboxylic acids is 1. The molecule has 0 aromatic carbocycles. The third kappa shape index (κ3) is 123. The first-order chi connectivity index (χ1) is 1.73. The Kier molecular flexibility index (Phi) is 8.11. The van der Waals surface area contributed by atoms with Crippen LogP contribution in [0.15, 0.2) is 0 Å². The summed E-state index contributed by atoms with van der Waals surface area (Å²) < 4.78 is 0.